The van der Waals surface area contributed by atoms with Crippen molar-refractivity contribution in [3.05, 3.63) is 64.2 Å². The largest absolute Gasteiger partial charge is 0.385 e. The van der Waals surface area contributed by atoms with Crippen LogP contribution in [0.1, 0.15) is 66.0 Å². The minimum atomic E-state index is -1.08. The highest BCUT2D eigenvalue weighted by molar-refractivity contribution is 6.31. The molecular weight excluding hydrogens is 476 g/mol. The molecule has 2 fully saturated rings. The smallest absolute Gasteiger partial charge is 0.274 e. The summed E-state index contributed by atoms with van der Waals surface area (Å²) in [6, 6.07) is 4.04. The Morgan fingerprint density at radius 1 is 1.31 bits per heavy atom. The molecule has 2 aliphatic rings. The highest BCUT2D eigenvalue weighted by Gasteiger charge is 2.51. The maximum absolute atomic E-state index is 13.7. The summed E-state index contributed by atoms with van der Waals surface area (Å²) in [7, 11) is 1.77. The van der Waals surface area contributed by atoms with Gasteiger partial charge >= 0.3 is 0 Å². The second-order valence-electron chi connectivity index (χ2n) is 9.75. The van der Waals surface area contributed by atoms with Gasteiger partial charge in [0.1, 0.15) is 18.2 Å². The second-order valence-corrected chi connectivity index (χ2v) is 10.2. The lowest BCUT2D eigenvalue weighted by atomic mass is 9.87. The molecule has 10 heteroatoms. The van der Waals surface area contributed by atoms with Crippen molar-refractivity contribution in [1.82, 2.24) is 19.3 Å². The lowest BCUT2D eigenvalue weighted by Gasteiger charge is -2.25. The first-order valence-electron chi connectivity index (χ1n) is 11.8. The number of nitrogens with zero attached hydrogens (tertiary/aromatic N) is 4. The molecule has 2 saturated carbocycles. The third-order valence-electron chi connectivity index (χ3n) is 7.66. The van der Waals surface area contributed by atoms with Crippen molar-refractivity contribution < 1.29 is 18.7 Å². The molecular formula is C25H28ClF2N5O2. The summed E-state index contributed by atoms with van der Waals surface area (Å²) in [4.78, 5) is 17.7. The van der Waals surface area contributed by atoms with Crippen LogP contribution in [-0.2, 0) is 25.9 Å². The Bertz CT molecular complexity index is 1260. The Balaban J connectivity index is 1.33. The number of imidazole rings is 1. The van der Waals surface area contributed by atoms with Crippen molar-refractivity contribution in [2.45, 2.75) is 57.3 Å². The summed E-state index contributed by atoms with van der Waals surface area (Å²) in [5, 5.41) is 18.4. The number of hydrogen-bond donors (Lipinski definition) is 2. The summed E-state index contributed by atoms with van der Waals surface area (Å²) < 4.78 is 30.5. The molecule has 186 valence electrons. The molecule has 2 N–H and O–H groups in total. The van der Waals surface area contributed by atoms with Gasteiger partial charge in [0.2, 0.25) is 0 Å². The van der Waals surface area contributed by atoms with E-state index in [-0.39, 0.29) is 28.7 Å². The second kappa shape index (κ2) is 9.02. The first-order chi connectivity index (χ1) is 16.7. The van der Waals surface area contributed by atoms with Gasteiger partial charge in [-0.2, -0.15) is 5.10 Å². The van der Waals surface area contributed by atoms with Gasteiger partial charge in [0, 0.05) is 30.8 Å². The molecule has 2 aromatic heterocycles. The fourth-order valence-corrected chi connectivity index (χ4v) is 6.29. The zero-order valence-corrected chi connectivity index (χ0v) is 20.4. The number of hydrogen-bond acceptors (Lipinski definition) is 4. The van der Waals surface area contributed by atoms with Crippen LogP contribution >= 0.6 is 11.6 Å². The van der Waals surface area contributed by atoms with Gasteiger partial charge in [0.15, 0.2) is 0 Å². The van der Waals surface area contributed by atoms with E-state index in [1.807, 2.05) is 6.92 Å². The summed E-state index contributed by atoms with van der Waals surface area (Å²) >= 11 is 5.85. The molecule has 35 heavy (non-hydrogen) atoms. The Morgan fingerprint density at radius 3 is 2.66 bits per heavy atom. The number of alkyl halides is 1. The van der Waals surface area contributed by atoms with E-state index in [0.29, 0.717) is 42.0 Å². The number of fused-ring (bicyclic) bond motifs is 1. The average Bonchev–Trinajstić information content (AvgIpc) is 3.57. The normalized spacial score (nSPS) is 25.7. The highest BCUT2D eigenvalue weighted by atomic mass is 35.5. The molecule has 1 aromatic carbocycles. The lowest BCUT2D eigenvalue weighted by Crippen LogP contribution is -2.25. The van der Waals surface area contributed by atoms with Gasteiger partial charge in [0.05, 0.1) is 34.5 Å². The molecule has 2 heterocycles. The van der Waals surface area contributed by atoms with Gasteiger partial charge in [-0.1, -0.05) is 11.6 Å². The number of halogens is 3. The Kier molecular flexibility index (Phi) is 6.17. The number of nitrogens with one attached hydrogen (secondary N) is 1. The number of aliphatic hydroxyl groups is 1. The maximum atomic E-state index is 13.7. The lowest BCUT2D eigenvalue weighted by molar-refractivity contribution is 0.0329. The van der Waals surface area contributed by atoms with E-state index < -0.39 is 18.1 Å². The molecule has 0 spiro atoms. The minimum Gasteiger partial charge on any atom is -0.385 e. The Hall–Kier alpha value is -2.78. The van der Waals surface area contributed by atoms with Gasteiger partial charge in [-0.3, -0.25) is 9.48 Å². The molecule has 1 amide bonds. The third kappa shape index (κ3) is 4.14. The monoisotopic (exact) mass is 503 g/mol. The number of benzene rings is 1. The zero-order chi connectivity index (χ0) is 24.9. The van der Waals surface area contributed by atoms with Crippen LogP contribution in [-0.4, -0.2) is 30.3 Å². The standard InChI is InChI=1S/C25H28ClF2N5O2/c1-3-33-21(11-27)18(12-30-33)25(35)9-15-6-14(7-16(15)10-25)22-23(32(2)13-29-22)24(34)31-17-4-5-20(28)19(26)8-17/h4-5,8,12-16,35H,3,6-7,9-11H2,1-2H3,(H,31,34). The molecule has 0 saturated heterocycles. The van der Waals surface area contributed by atoms with E-state index in [0.717, 1.165) is 18.5 Å². The summed E-state index contributed by atoms with van der Waals surface area (Å²) in [5.74, 6) is -0.320. The number of rotatable bonds is 6. The molecule has 2 unspecified atom stereocenters. The van der Waals surface area contributed by atoms with Crippen molar-refractivity contribution >= 4 is 23.2 Å². The van der Waals surface area contributed by atoms with E-state index in [9.17, 15) is 18.7 Å². The first-order valence-corrected chi connectivity index (χ1v) is 12.2. The van der Waals surface area contributed by atoms with Crippen molar-refractivity contribution in [1.29, 1.82) is 0 Å². The summed E-state index contributed by atoms with van der Waals surface area (Å²) in [5.41, 5.74) is 1.55. The van der Waals surface area contributed by atoms with Gasteiger partial charge in [-0.15, -0.1) is 0 Å². The number of aromatic nitrogens is 4. The van der Waals surface area contributed by atoms with Crippen LogP contribution in [0.5, 0.6) is 0 Å². The molecule has 2 atom stereocenters. The Morgan fingerprint density at radius 2 is 2.03 bits per heavy atom. The van der Waals surface area contributed by atoms with Crippen LogP contribution in [0, 0.1) is 17.7 Å². The van der Waals surface area contributed by atoms with Crippen molar-refractivity contribution in [3.8, 4) is 0 Å². The van der Waals surface area contributed by atoms with Gasteiger partial charge in [-0.05, 0) is 62.6 Å². The van der Waals surface area contributed by atoms with Crippen LogP contribution in [0.15, 0.2) is 30.7 Å². The van der Waals surface area contributed by atoms with E-state index in [1.54, 1.807) is 28.8 Å². The Labute approximate surface area is 207 Å². The predicted molar refractivity (Wildman–Crippen MR) is 127 cm³/mol. The maximum Gasteiger partial charge on any atom is 0.274 e. The number of carbonyl (C=O) groups is 1. The molecule has 0 aliphatic heterocycles. The summed E-state index contributed by atoms with van der Waals surface area (Å²) in [6.45, 7) is 1.80. The van der Waals surface area contributed by atoms with Gasteiger partial charge < -0.3 is 15.0 Å². The van der Waals surface area contributed by atoms with Gasteiger partial charge in [0.25, 0.3) is 5.91 Å². The third-order valence-corrected chi connectivity index (χ3v) is 7.95. The predicted octanol–water partition coefficient (Wildman–Crippen LogP) is 4.94. The van der Waals surface area contributed by atoms with Crippen molar-refractivity contribution in [3.63, 3.8) is 0 Å². The summed E-state index contributed by atoms with van der Waals surface area (Å²) in [6.07, 6.45) is 5.90. The van der Waals surface area contributed by atoms with E-state index in [1.165, 1.54) is 18.2 Å². The number of amides is 1. The topological polar surface area (TPSA) is 85.0 Å². The highest BCUT2D eigenvalue weighted by Crippen LogP contribution is 2.57. The van der Waals surface area contributed by atoms with Gasteiger partial charge in [-0.25, -0.2) is 13.8 Å². The van der Waals surface area contributed by atoms with E-state index in [2.05, 4.69) is 15.4 Å². The first kappa shape index (κ1) is 23.9. The van der Waals surface area contributed by atoms with Crippen LogP contribution in [0.3, 0.4) is 0 Å². The number of aryl methyl sites for hydroxylation is 2. The zero-order valence-electron chi connectivity index (χ0n) is 19.6. The average molecular weight is 504 g/mol. The SMILES string of the molecule is CCn1ncc(C2(O)CC3CC(c4ncn(C)c4C(=O)Nc4ccc(F)c(Cl)c4)CC3C2)c1CF. The van der Waals surface area contributed by atoms with E-state index >= 15 is 0 Å². The molecule has 5 rings (SSSR count). The molecule has 3 aromatic rings. The fraction of sp³-hybridized carbons (Fsp3) is 0.480. The molecule has 2 aliphatic carbocycles. The molecule has 0 bridgehead atoms. The van der Waals surface area contributed by atoms with Crippen LogP contribution < -0.4 is 5.32 Å². The van der Waals surface area contributed by atoms with Crippen LogP contribution in [0.25, 0.3) is 0 Å². The minimum absolute atomic E-state index is 0.0652. The molecule has 7 nitrogen and oxygen atoms in total. The fourth-order valence-electron chi connectivity index (χ4n) is 6.11. The van der Waals surface area contributed by atoms with Crippen molar-refractivity contribution in [2.24, 2.45) is 18.9 Å². The molecule has 0 radical (unpaired) electrons. The van der Waals surface area contributed by atoms with Crippen molar-refractivity contribution in [2.75, 3.05) is 5.32 Å². The van der Waals surface area contributed by atoms with Crippen LogP contribution in [0.2, 0.25) is 5.02 Å². The van der Waals surface area contributed by atoms with Crippen LogP contribution in [0.4, 0.5) is 14.5 Å². The van der Waals surface area contributed by atoms with E-state index in [4.69, 9.17) is 11.6 Å². The number of anilines is 1. The quantitative estimate of drug-likeness (QED) is 0.499. The number of carbonyl (C=O) groups excluding carboxylic acids is 1.